The molecule has 1 aliphatic rings. The van der Waals surface area contributed by atoms with Crippen molar-refractivity contribution in [3.63, 3.8) is 0 Å². The van der Waals surface area contributed by atoms with Gasteiger partial charge in [0, 0.05) is 18.5 Å². The molecule has 0 aliphatic carbocycles. The van der Waals surface area contributed by atoms with Gasteiger partial charge in [0.2, 0.25) is 0 Å². The van der Waals surface area contributed by atoms with Gasteiger partial charge >= 0.3 is 0 Å². The molecule has 2 N–H and O–H groups in total. The Balaban J connectivity index is 1.59. The first-order valence-corrected chi connectivity index (χ1v) is 6.32. The van der Waals surface area contributed by atoms with Crippen LogP contribution in [0.3, 0.4) is 0 Å². The van der Waals surface area contributed by atoms with Crippen molar-refractivity contribution in [2.45, 2.75) is 13.0 Å². The Morgan fingerprint density at radius 2 is 2.11 bits per heavy atom. The molecule has 1 aromatic carbocycles. The van der Waals surface area contributed by atoms with Gasteiger partial charge in [0.05, 0.1) is 13.2 Å². The highest BCUT2D eigenvalue weighted by Gasteiger charge is 2.32. The molecular weight excluding hydrogens is 230 g/mol. The predicted molar refractivity (Wildman–Crippen MR) is 69.7 cm³/mol. The third-order valence-corrected chi connectivity index (χ3v) is 3.02. The summed E-state index contributed by atoms with van der Waals surface area (Å²) in [6, 6.07) is 9.53. The largest absolute Gasteiger partial charge is 0.491 e. The molecule has 1 unspecified atom stereocenters. The molecule has 4 heteroatoms. The third-order valence-electron chi connectivity index (χ3n) is 3.02. The van der Waals surface area contributed by atoms with E-state index in [1.807, 2.05) is 30.3 Å². The molecule has 0 bridgehead atoms. The molecule has 1 fully saturated rings. The van der Waals surface area contributed by atoms with Crippen molar-refractivity contribution < 1.29 is 14.6 Å². The molecule has 1 aromatic rings. The van der Waals surface area contributed by atoms with E-state index in [-0.39, 0.29) is 5.41 Å². The Labute approximate surface area is 108 Å². The molecule has 1 atom stereocenters. The Hall–Kier alpha value is -1.10. The zero-order valence-electron chi connectivity index (χ0n) is 10.8. The van der Waals surface area contributed by atoms with Crippen LogP contribution in [0.2, 0.25) is 0 Å². The van der Waals surface area contributed by atoms with Crippen LogP contribution in [0.4, 0.5) is 0 Å². The maximum atomic E-state index is 9.78. The second-order valence-corrected chi connectivity index (χ2v) is 5.21. The molecule has 2 rings (SSSR count). The summed E-state index contributed by atoms with van der Waals surface area (Å²) >= 11 is 0. The lowest BCUT2D eigenvalue weighted by Gasteiger charge is -2.38. The van der Waals surface area contributed by atoms with Crippen LogP contribution >= 0.6 is 0 Å². The first-order valence-electron chi connectivity index (χ1n) is 6.32. The van der Waals surface area contributed by atoms with Crippen molar-refractivity contribution in [1.82, 2.24) is 5.32 Å². The first-order chi connectivity index (χ1) is 8.68. The van der Waals surface area contributed by atoms with Crippen molar-refractivity contribution in [3.05, 3.63) is 30.3 Å². The quantitative estimate of drug-likeness (QED) is 0.760. The minimum absolute atomic E-state index is 0.236. The molecule has 1 saturated heterocycles. The van der Waals surface area contributed by atoms with Crippen LogP contribution in [0, 0.1) is 5.41 Å². The van der Waals surface area contributed by atoms with E-state index in [1.165, 1.54) is 0 Å². The highest BCUT2D eigenvalue weighted by Crippen LogP contribution is 2.24. The fourth-order valence-corrected chi connectivity index (χ4v) is 1.86. The Bertz CT molecular complexity index is 351. The number of hydrogen-bond acceptors (Lipinski definition) is 4. The number of aliphatic hydroxyl groups excluding tert-OH is 1. The molecule has 0 aromatic heterocycles. The van der Waals surface area contributed by atoms with Gasteiger partial charge in [-0.2, -0.15) is 0 Å². The van der Waals surface area contributed by atoms with Crippen molar-refractivity contribution in [3.8, 4) is 5.75 Å². The molecular formula is C14H21NO3. The third kappa shape index (κ3) is 3.98. The van der Waals surface area contributed by atoms with Crippen LogP contribution in [0.15, 0.2) is 30.3 Å². The van der Waals surface area contributed by atoms with Crippen molar-refractivity contribution >= 4 is 0 Å². The van der Waals surface area contributed by atoms with Crippen molar-refractivity contribution in [2.75, 3.05) is 32.9 Å². The van der Waals surface area contributed by atoms with Crippen LogP contribution in [-0.2, 0) is 4.74 Å². The van der Waals surface area contributed by atoms with Crippen LogP contribution in [0.5, 0.6) is 5.75 Å². The van der Waals surface area contributed by atoms with Crippen LogP contribution in [0.1, 0.15) is 6.92 Å². The van der Waals surface area contributed by atoms with E-state index in [0.717, 1.165) is 25.5 Å². The summed E-state index contributed by atoms with van der Waals surface area (Å²) < 4.78 is 10.6. The fraction of sp³-hybridized carbons (Fsp3) is 0.571. The number of aliphatic hydroxyl groups is 1. The van der Waals surface area contributed by atoms with Crippen molar-refractivity contribution in [2.24, 2.45) is 5.41 Å². The summed E-state index contributed by atoms with van der Waals surface area (Å²) in [6.45, 7) is 5.51. The van der Waals surface area contributed by atoms with Crippen LogP contribution < -0.4 is 10.1 Å². The molecule has 0 amide bonds. The Morgan fingerprint density at radius 3 is 2.72 bits per heavy atom. The zero-order chi connectivity index (χ0) is 12.8. The smallest absolute Gasteiger partial charge is 0.119 e. The fourth-order valence-electron chi connectivity index (χ4n) is 1.86. The van der Waals surface area contributed by atoms with Gasteiger partial charge in [-0.05, 0) is 12.1 Å². The Morgan fingerprint density at radius 1 is 1.39 bits per heavy atom. The van der Waals surface area contributed by atoms with E-state index in [9.17, 15) is 5.11 Å². The monoisotopic (exact) mass is 251 g/mol. The van der Waals surface area contributed by atoms with Crippen molar-refractivity contribution in [1.29, 1.82) is 0 Å². The van der Waals surface area contributed by atoms with E-state index in [1.54, 1.807) is 0 Å². The van der Waals surface area contributed by atoms with Crippen LogP contribution in [-0.4, -0.2) is 44.1 Å². The molecule has 100 valence electrons. The molecule has 18 heavy (non-hydrogen) atoms. The molecule has 1 aliphatic heterocycles. The number of para-hydroxylation sites is 1. The van der Waals surface area contributed by atoms with Gasteiger partial charge in [0.1, 0.15) is 18.5 Å². The second-order valence-electron chi connectivity index (χ2n) is 5.21. The molecule has 0 saturated carbocycles. The lowest BCUT2D eigenvalue weighted by molar-refractivity contribution is -0.0997. The molecule has 4 nitrogen and oxygen atoms in total. The number of hydrogen-bond donors (Lipinski definition) is 2. The lowest BCUT2D eigenvalue weighted by Crippen LogP contribution is -2.48. The number of ether oxygens (including phenoxy) is 2. The number of nitrogens with one attached hydrogen (secondary N) is 1. The van der Waals surface area contributed by atoms with Gasteiger partial charge in [-0.15, -0.1) is 0 Å². The SMILES string of the molecule is CC1(CNCC(O)COc2ccccc2)COC1. The van der Waals surface area contributed by atoms with Gasteiger partial charge in [-0.25, -0.2) is 0 Å². The highest BCUT2D eigenvalue weighted by atomic mass is 16.5. The first kappa shape index (κ1) is 13.3. The summed E-state index contributed by atoms with van der Waals surface area (Å²) in [5.74, 6) is 0.788. The van der Waals surface area contributed by atoms with Gasteiger partial charge in [-0.1, -0.05) is 25.1 Å². The van der Waals surface area contributed by atoms with Crippen LogP contribution in [0.25, 0.3) is 0 Å². The van der Waals surface area contributed by atoms with Gasteiger partial charge < -0.3 is 19.9 Å². The molecule has 1 heterocycles. The number of benzene rings is 1. The molecule has 0 spiro atoms. The summed E-state index contributed by atoms with van der Waals surface area (Å²) in [7, 11) is 0. The summed E-state index contributed by atoms with van der Waals surface area (Å²) in [5, 5.41) is 13.0. The minimum Gasteiger partial charge on any atom is -0.491 e. The average molecular weight is 251 g/mol. The maximum absolute atomic E-state index is 9.78. The topological polar surface area (TPSA) is 50.7 Å². The summed E-state index contributed by atoms with van der Waals surface area (Å²) in [6.07, 6.45) is -0.491. The predicted octanol–water partition coefficient (Wildman–Crippen LogP) is 1.05. The lowest BCUT2D eigenvalue weighted by atomic mass is 9.89. The normalized spacial score (nSPS) is 19.0. The van der Waals surface area contributed by atoms with E-state index in [2.05, 4.69) is 12.2 Å². The maximum Gasteiger partial charge on any atom is 0.119 e. The van der Waals surface area contributed by atoms with E-state index in [0.29, 0.717) is 13.2 Å². The summed E-state index contributed by atoms with van der Waals surface area (Å²) in [5.41, 5.74) is 0.236. The highest BCUT2D eigenvalue weighted by molar-refractivity contribution is 5.20. The molecule has 0 radical (unpaired) electrons. The Kier molecular flexibility index (Phi) is 4.58. The second kappa shape index (κ2) is 6.18. The van der Waals surface area contributed by atoms with Gasteiger partial charge in [0.15, 0.2) is 0 Å². The minimum atomic E-state index is -0.491. The zero-order valence-corrected chi connectivity index (χ0v) is 10.8. The standard InChI is InChI=1S/C14H21NO3/c1-14(10-17-11-14)9-15-7-12(16)8-18-13-5-3-2-4-6-13/h2-6,12,15-16H,7-11H2,1H3. The van der Waals surface area contributed by atoms with E-state index < -0.39 is 6.10 Å². The average Bonchev–Trinajstić information content (AvgIpc) is 2.35. The van der Waals surface area contributed by atoms with E-state index in [4.69, 9.17) is 9.47 Å². The number of rotatable bonds is 7. The summed E-state index contributed by atoms with van der Waals surface area (Å²) in [4.78, 5) is 0. The van der Waals surface area contributed by atoms with Gasteiger partial charge in [0.25, 0.3) is 0 Å². The van der Waals surface area contributed by atoms with Gasteiger partial charge in [-0.3, -0.25) is 0 Å². The van der Waals surface area contributed by atoms with E-state index >= 15 is 0 Å².